The second kappa shape index (κ2) is 7.89. The summed E-state index contributed by atoms with van der Waals surface area (Å²) in [4.78, 5) is 29.1. The van der Waals surface area contributed by atoms with Crippen LogP contribution in [0, 0.1) is 0 Å². The van der Waals surface area contributed by atoms with E-state index in [0.29, 0.717) is 17.2 Å². The van der Waals surface area contributed by atoms with Gasteiger partial charge in [0.1, 0.15) is 5.69 Å². The van der Waals surface area contributed by atoms with Crippen molar-refractivity contribution in [3.63, 3.8) is 0 Å². The molecule has 3 rings (SSSR count). The van der Waals surface area contributed by atoms with E-state index in [-0.39, 0.29) is 10.6 Å². The fourth-order valence-electron chi connectivity index (χ4n) is 2.49. The first kappa shape index (κ1) is 19.7. The smallest absolute Gasteiger partial charge is 0.344 e. The summed E-state index contributed by atoms with van der Waals surface area (Å²) in [7, 11) is 0. The normalized spacial score (nSPS) is 12.5. The van der Waals surface area contributed by atoms with E-state index in [2.05, 4.69) is 25.3 Å². The molecule has 0 saturated carbocycles. The number of nitrogens with zero attached hydrogens (tertiary/aromatic N) is 4. The maximum absolute atomic E-state index is 13.0. The number of hydrogen-bond acceptors (Lipinski definition) is 5. The molecule has 1 amide bonds. The molecule has 144 valence electrons. The molecule has 3 aromatic rings. The predicted octanol–water partition coefficient (Wildman–Crippen LogP) is 4.10. The van der Waals surface area contributed by atoms with Crippen LogP contribution in [-0.2, 0) is 6.18 Å². The summed E-state index contributed by atoms with van der Waals surface area (Å²) in [5, 5.41) is 2.42. The van der Waals surface area contributed by atoms with Crippen LogP contribution in [0.15, 0.2) is 49.1 Å². The summed E-state index contributed by atoms with van der Waals surface area (Å²) in [5.41, 5.74) is -0.484. The van der Waals surface area contributed by atoms with Crippen molar-refractivity contribution in [1.82, 2.24) is 25.3 Å². The summed E-state index contributed by atoms with van der Waals surface area (Å²) in [6, 6.07) is 3.63. The Hall–Kier alpha value is -3.07. The maximum Gasteiger partial charge on any atom is 0.416 e. The number of hydrogen-bond donors (Lipinski definition) is 1. The standard InChI is InChI=1S/C18H13ClF3N5O/c1-10(14-15(24-6-5-23-14)16-25-3-2-4-26-16)27-17(28)11-7-12(18(20,21)22)9-13(19)8-11/h2-10H,1H3,(H,27,28)/t10-/m1/s1. The van der Waals surface area contributed by atoms with E-state index >= 15 is 0 Å². The van der Waals surface area contributed by atoms with Gasteiger partial charge in [0.15, 0.2) is 5.82 Å². The Morgan fingerprint density at radius 3 is 2.39 bits per heavy atom. The fraction of sp³-hybridized carbons (Fsp3) is 0.167. The number of benzene rings is 1. The molecule has 0 aliphatic carbocycles. The van der Waals surface area contributed by atoms with Gasteiger partial charge in [-0.1, -0.05) is 11.6 Å². The van der Waals surface area contributed by atoms with Crippen molar-refractivity contribution in [3.8, 4) is 11.5 Å². The van der Waals surface area contributed by atoms with Gasteiger partial charge in [-0.15, -0.1) is 0 Å². The largest absolute Gasteiger partial charge is 0.416 e. The van der Waals surface area contributed by atoms with Gasteiger partial charge in [0.2, 0.25) is 0 Å². The Bertz CT molecular complexity index is 998. The average Bonchev–Trinajstić information content (AvgIpc) is 2.67. The number of carbonyl (C=O) groups excluding carboxylic acids is 1. The topological polar surface area (TPSA) is 80.7 Å². The molecular formula is C18H13ClF3N5O. The minimum Gasteiger partial charge on any atom is -0.344 e. The SMILES string of the molecule is C[C@@H](NC(=O)c1cc(Cl)cc(C(F)(F)F)c1)c1nccnc1-c1ncccn1. The lowest BCUT2D eigenvalue weighted by Crippen LogP contribution is -2.28. The minimum absolute atomic E-state index is 0.189. The molecule has 0 radical (unpaired) electrons. The van der Waals surface area contributed by atoms with Crippen molar-refractivity contribution >= 4 is 17.5 Å². The zero-order valence-corrected chi connectivity index (χ0v) is 15.2. The second-order valence-corrected chi connectivity index (χ2v) is 6.22. The molecule has 0 saturated heterocycles. The molecule has 1 aromatic carbocycles. The van der Waals surface area contributed by atoms with E-state index in [1.807, 2.05) is 0 Å². The summed E-state index contributed by atoms with van der Waals surface area (Å²) in [5.74, 6) is -0.417. The Balaban J connectivity index is 1.88. The maximum atomic E-state index is 13.0. The van der Waals surface area contributed by atoms with Gasteiger partial charge < -0.3 is 5.32 Å². The second-order valence-electron chi connectivity index (χ2n) is 5.78. The van der Waals surface area contributed by atoms with Gasteiger partial charge in [-0.2, -0.15) is 13.2 Å². The summed E-state index contributed by atoms with van der Waals surface area (Å²) >= 11 is 5.74. The molecule has 0 unspecified atom stereocenters. The van der Waals surface area contributed by atoms with Crippen LogP contribution in [0.3, 0.4) is 0 Å². The van der Waals surface area contributed by atoms with Crippen LogP contribution in [0.4, 0.5) is 13.2 Å². The molecule has 2 heterocycles. The lowest BCUT2D eigenvalue weighted by Gasteiger charge is -2.16. The molecule has 0 aliphatic heterocycles. The van der Waals surface area contributed by atoms with Crippen LogP contribution in [0.1, 0.15) is 34.6 Å². The summed E-state index contributed by atoms with van der Waals surface area (Å²) in [6.07, 6.45) is 1.35. The van der Waals surface area contributed by atoms with Crippen LogP contribution in [0.25, 0.3) is 11.5 Å². The molecule has 0 spiro atoms. The number of carbonyl (C=O) groups is 1. The minimum atomic E-state index is -4.62. The van der Waals surface area contributed by atoms with Crippen molar-refractivity contribution in [3.05, 3.63) is 70.9 Å². The van der Waals surface area contributed by atoms with Gasteiger partial charge in [-0.3, -0.25) is 9.78 Å². The van der Waals surface area contributed by atoms with Crippen molar-refractivity contribution < 1.29 is 18.0 Å². The zero-order chi connectivity index (χ0) is 20.3. The predicted molar refractivity (Wildman–Crippen MR) is 95.4 cm³/mol. The van der Waals surface area contributed by atoms with Crippen molar-refractivity contribution in [1.29, 1.82) is 0 Å². The van der Waals surface area contributed by atoms with Gasteiger partial charge in [0.05, 0.1) is 17.3 Å². The summed E-state index contributed by atoms with van der Waals surface area (Å²) in [6.45, 7) is 1.63. The quantitative estimate of drug-likeness (QED) is 0.704. The Morgan fingerprint density at radius 1 is 1.04 bits per heavy atom. The van der Waals surface area contributed by atoms with Gasteiger partial charge >= 0.3 is 6.18 Å². The number of aromatic nitrogens is 4. The highest BCUT2D eigenvalue weighted by molar-refractivity contribution is 6.31. The van der Waals surface area contributed by atoms with Crippen LogP contribution in [0.2, 0.25) is 5.02 Å². The number of amides is 1. The molecular weight excluding hydrogens is 395 g/mol. The van der Waals surface area contributed by atoms with Crippen molar-refractivity contribution in [2.45, 2.75) is 19.1 Å². The van der Waals surface area contributed by atoms with E-state index in [0.717, 1.165) is 18.2 Å². The molecule has 1 atom stereocenters. The number of nitrogens with one attached hydrogen (secondary N) is 1. The third-order valence-corrected chi connectivity index (χ3v) is 3.97. The average molecular weight is 408 g/mol. The van der Waals surface area contributed by atoms with Gasteiger partial charge in [-0.25, -0.2) is 15.0 Å². The van der Waals surface area contributed by atoms with E-state index in [9.17, 15) is 18.0 Å². The molecule has 2 aromatic heterocycles. The van der Waals surface area contributed by atoms with Gasteiger partial charge in [0, 0.05) is 35.4 Å². The van der Waals surface area contributed by atoms with Crippen LogP contribution in [0.5, 0.6) is 0 Å². The van der Waals surface area contributed by atoms with Crippen molar-refractivity contribution in [2.24, 2.45) is 0 Å². The van der Waals surface area contributed by atoms with E-state index in [1.165, 1.54) is 24.8 Å². The number of alkyl halides is 3. The molecule has 0 bridgehead atoms. The lowest BCUT2D eigenvalue weighted by atomic mass is 10.1. The first-order valence-corrected chi connectivity index (χ1v) is 8.40. The van der Waals surface area contributed by atoms with Crippen LogP contribution < -0.4 is 5.32 Å². The zero-order valence-electron chi connectivity index (χ0n) is 14.4. The molecule has 1 N–H and O–H groups in total. The monoisotopic (exact) mass is 407 g/mol. The van der Waals surface area contributed by atoms with Crippen LogP contribution in [-0.4, -0.2) is 25.8 Å². The van der Waals surface area contributed by atoms with Crippen molar-refractivity contribution in [2.75, 3.05) is 0 Å². The lowest BCUT2D eigenvalue weighted by molar-refractivity contribution is -0.137. The highest BCUT2D eigenvalue weighted by atomic mass is 35.5. The Kier molecular flexibility index (Phi) is 5.55. The molecule has 28 heavy (non-hydrogen) atoms. The number of halogens is 4. The Labute approximate surface area is 162 Å². The molecule has 10 heteroatoms. The highest BCUT2D eigenvalue weighted by Crippen LogP contribution is 2.32. The third kappa shape index (κ3) is 4.42. The van der Waals surface area contributed by atoms with Crippen LogP contribution >= 0.6 is 11.6 Å². The number of rotatable bonds is 4. The first-order chi connectivity index (χ1) is 13.3. The molecule has 6 nitrogen and oxygen atoms in total. The third-order valence-electron chi connectivity index (χ3n) is 3.75. The van der Waals surface area contributed by atoms with E-state index < -0.39 is 23.7 Å². The van der Waals surface area contributed by atoms with Gasteiger partial charge in [-0.05, 0) is 31.2 Å². The molecule has 0 aliphatic rings. The van der Waals surface area contributed by atoms with E-state index in [1.54, 1.807) is 13.0 Å². The summed E-state index contributed by atoms with van der Waals surface area (Å²) < 4.78 is 38.9. The van der Waals surface area contributed by atoms with E-state index in [4.69, 9.17) is 11.6 Å². The Morgan fingerprint density at radius 2 is 1.71 bits per heavy atom. The fourth-order valence-corrected chi connectivity index (χ4v) is 2.73. The first-order valence-electron chi connectivity index (χ1n) is 8.02. The van der Waals surface area contributed by atoms with Gasteiger partial charge in [0.25, 0.3) is 5.91 Å². The molecule has 0 fully saturated rings. The highest BCUT2D eigenvalue weighted by Gasteiger charge is 2.32.